The number of morpholine rings is 1. The maximum Gasteiger partial charge on any atom is 0.307 e. The molecule has 5 heteroatoms. The Bertz CT molecular complexity index is 550. The average Bonchev–Trinajstić information content (AvgIpc) is 2.55. The molecular formula is C19H27NO4. The molecule has 1 aliphatic heterocycles. The third kappa shape index (κ3) is 5.64. The molecule has 1 amide bonds. The van der Waals surface area contributed by atoms with Gasteiger partial charge in [0.1, 0.15) is 0 Å². The standard InChI is InChI=1S/C19H27NO4/c1-19(2,13-15-6-4-3-5-7-15)14-16(18(22)23)12-17(21)20-8-10-24-11-9-20/h3-7,16H,8-14H2,1-2H3,(H,22,23). The molecule has 2 rings (SSSR count). The van der Waals surface area contributed by atoms with Crippen molar-refractivity contribution in [2.75, 3.05) is 26.3 Å². The molecule has 0 bridgehead atoms. The van der Waals surface area contributed by atoms with Gasteiger partial charge in [-0.05, 0) is 23.8 Å². The van der Waals surface area contributed by atoms with E-state index < -0.39 is 11.9 Å². The minimum Gasteiger partial charge on any atom is -0.481 e. The molecule has 1 heterocycles. The number of benzene rings is 1. The Morgan fingerprint density at radius 1 is 1.21 bits per heavy atom. The second-order valence-electron chi connectivity index (χ2n) is 7.26. The van der Waals surface area contributed by atoms with Crippen molar-refractivity contribution in [2.24, 2.45) is 11.3 Å². The summed E-state index contributed by atoms with van der Waals surface area (Å²) in [5, 5.41) is 9.55. The highest BCUT2D eigenvalue weighted by Crippen LogP contribution is 2.31. The third-order valence-electron chi connectivity index (χ3n) is 4.46. The van der Waals surface area contributed by atoms with Gasteiger partial charge in [0.15, 0.2) is 0 Å². The number of carboxylic acids is 1. The normalized spacial score (nSPS) is 16.7. The second-order valence-corrected chi connectivity index (χ2v) is 7.26. The van der Waals surface area contributed by atoms with Crippen molar-refractivity contribution in [3.63, 3.8) is 0 Å². The van der Waals surface area contributed by atoms with Crippen LogP contribution < -0.4 is 0 Å². The summed E-state index contributed by atoms with van der Waals surface area (Å²) in [6.45, 7) is 6.30. The molecular weight excluding hydrogens is 306 g/mol. The molecule has 1 unspecified atom stereocenters. The van der Waals surface area contributed by atoms with Gasteiger partial charge >= 0.3 is 5.97 Å². The zero-order chi connectivity index (χ0) is 17.6. The predicted octanol–water partition coefficient (Wildman–Crippen LogP) is 2.60. The summed E-state index contributed by atoms with van der Waals surface area (Å²) in [5.41, 5.74) is 1.00. The fourth-order valence-electron chi connectivity index (χ4n) is 3.29. The lowest BCUT2D eigenvalue weighted by molar-refractivity contribution is -0.148. The van der Waals surface area contributed by atoms with Crippen LogP contribution in [0.2, 0.25) is 0 Å². The summed E-state index contributed by atoms with van der Waals surface area (Å²) in [5.74, 6) is -1.63. The van der Waals surface area contributed by atoms with E-state index >= 15 is 0 Å². The van der Waals surface area contributed by atoms with Gasteiger partial charge < -0.3 is 14.7 Å². The Morgan fingerprint density at radius 3 is 2.42 bits per heavy atom. The average molecular weight is 333 g/mol. The Balaban J connectivity index is 1.96. The molecule has 1 saturated heterocycles. The molecule has 24 heavy (non-hydrogen) atoms. The molecule has 0 saturated carbocycles. The van der Waals surface area contributed by atoms with Crippen LogP contribution in [0.4, 0.5) is 0 Å². The van der Waals surface area contributed by atoms with Crippen LogP contribution in [0.25, 0.3) is 0 Å². The zero-order valence-corrected chi connectivity index (χ0v) is 14.5. The van der Waals surface area contributed by atoms with E-state index in [-0.39, 0.29) is 17.7 Å². The number of ether oxygens (including phenoxy) is 1. The SMILES string of the molecule is CC(C)(Cc1ccccc1)CC(CC(=O)N1CCOCC1)C(=O)O. The summed E-state index contributed by atoms with van der Waals surface area (Å²) in [6, 6.07) is 10.1. The first-order valence-corrected chi connectivity index (χ1v) is 8.50. The lowest BCUT2D eigenvalue weighted by Crippen LogP contribution is -2.42. The maximum atomic E-state index is 12.4. The Labute approximate surface area is 143 Å². The van der Waals surface area contributed by atoms with Gasteiger partial charge in [0.25, 0.3) is 0 Å². The molecule has 0 aromatic heterocycles. The second kappa shape index (κ2) is 8.29. The van der Waals surface area contributed by atoms with E-state index in [2.05, 4.69) is 26.0 Å². The summed E-state index contributed by atoms with van der Waals surface area (Å²) >= 11 is 0. The van der Waals surface area contributed by atoms with Crippen molar-refractivity contribution >= 4 is 11.9 Å². The Kier molecular flexibility index (Phi) is 6.37. The smallest absolute Gasteiger partial charge is 0.307 e. The van der Waals surface area contributed by atoms with E-state index in [1.165, 1.54) is 5.56 Å². The van der Waals surface area contributed by atoms with Crippen LogP contribution in [-0.4, -0.2) is 48.2 Å². The van der Waals surface area contributed by atoms with Crippen LogP contribution in [0.3, 0.4) is 0 Å². The number of hydrogen-bond acceptors (Lipinski definition) is 3. The predicted molar refractivity (Wildman–Crippen MR) is 91.7 cm³/mol. The molecule has 0 spiro atoms. The lowest BCUT2D eigenvalue weighted by atomic mass is 9.77. The molecule has 1 aliphatic rings. The number of rotatable bonds is 7. The Hall–Kier alpha value is -1.88. The molecule has 1 N–H and O–H groups in total. The lowest BCUT2D eigenvalue weighted by Gasteiger charge is -2.31. The molecule has 1 atom stereocenters. The van der Waals surface area contributed by atoms with Crippen molar-refractivity contribution < 1.29 is 19.4 Å². The first-order valence-electron chi connectivity index (χ1n) is 8.50. The van der Waals surface area contributed by atoms with E-state index in [1.807, 2.05) is 18.2 Å². The Morgan fingerprint density at radius 2 is 1.83 bits per heavy atom. The molecule has 132 valence electrons. The van der Waals surface area contributed by atoms with Gasteiger partial charge in [-0.25, -0.2) is 0 Å². The van der Waals surface area contributed by atoms with Crippen molar-refractivity contribution in [3.05, 3.63) is 35.9 Å². The number of nitrogens with zero attached hydrogens (tertiary/aromatic N) is 1. The summed E-state index contributed by atoms with van der Waals surface area (Å²) in [6.07, 6.45) is 1.34. The van der Waals surface area contributed by atoms with Gasteiger partial charge in [0, 0.05) is 19.5 Å². The van der Waals surface area contributed by atoms with Crippen LogP contribution in [0, 0.1) is 11.3 Å². The first-order chi connectivity index (χ1) is 11.4. The summed E-state index contributed by atoms with van der Waals surface area (Å²) < 4.78 is 5.24. The molecule has 1 aromatic rings. The highest BCUT2D eigenvalue weighted by atomic mass is 16.5. The quantitative estimate of drug-likeness (QED) is 0.833. The van der Waals surface area contributed by atoms with Crippen molar-refractivity contribution in [3.8, 4) is 0 Å². The van der Waals surface area contributed by atoms with Crippen LogP contribution in [0.15, 0.2) is 30.3 Å². The fraction of sp³-hybridized carbons (Fsp3) is 0.579. The number of hydrogen-bond donors (Lipinski definition) is 1. The number of carbonyl (C=O) groups excluding carboxylic acids is 1. The van der Waals surface area contributed by atoms with Gasteiger partial charge in [-0.15, -0.1) is 0 Å². The number of amides is 1. The van der Waals surface area contributed by atoms with Crippen LogP contribution in [-0.2, 0) is 20.7 Å². The molecule has 1 fully saturated rings. The first kappa shape index (κ1) is 18.5. The monoisotopic (exact) mass is 333 g/mol. The van der Waals surface area contributed by atoms with E-state index in [9.17, 15) is 14.7 Å². The zero-order valence-electron chi connectivity index (χ0n) is 14.5. The topological polar surface area (TPSA) is 66.8 Å². The van der Waals surface area contributed by atoms with Gasteiger partial charge in [-0.1, -0.05) is 44.2 Å². The fourth-order valence-corrected chi connectivity index (χ4v) is 3.29. The van der Waals surface area contributed by atoms with E-state index in [0.717, 1.165) is 6.42 Å². The van der Waals surface area contributed by atoms with Crippen LogP contribution in [0.5, 0.6) is 0 Å². The van der Waals surface area contributed by atoms with Crippen molar-refractivity contribution in [1.82, 2.24) is 4.90 Å². The van der Waals surface area contributed by atoms with Gasteiger partial charge in [0.05, 0.1) is 19.1 Å². The van der Waals surface area contributed by atoms with Crippen molar-refractivity contribution in [2.45, 2.75) is 33.1 Å². The highest BCUT2D eigenvalue weighted by Gasteiger charge is 2.31. The molecule has 1 aromatic carbocycles. The number of carbonyl (C=O) groups is 2. The molecule has 0 radical (unpaired) electrons. The largest absolute Gasteiger partial charge is 0.481 e. The number of aliphatic carboxylic acids is 1. The minimum atomic E-state index is -0.891. The van der Waals surface area contributed by atoms with Crippen LogP contribution >= 0.6 is 0 Å². The highest BCUT2D eigenvalue weighted by molar-refractivity contribution is 5.82. The molecule has 0 aliphatic carbocycles. The summed E-state index contributed by atoms with van der Waals surface area (Å²) in [7, 11) is 0. The number of carboxylic acid groups (broad SMARTS) is 1. The van der Waals surface area contributed by atoms with E-state index in [0.29, 0.717) is 32.7 Å². The van der Waals surface area contributed by atoms with Crippen LogP contribution in [0.1, 0.15) is 32.3 Å². The van der Waals surface area contributed by atoms with Gasteiger partial charge in [-0.3, -0.25) is 9.59 Å². The van der Waals surface area contributed by atoms with E-state index in [4.69, 9.17) is 4.74 Å². The summed E-state index contributed by atoms with van der Waals surface area (Å²) in [4.78, 5) is 25.7. The van der Waals surface area contributed by atoms with Crippen molar-refractivity contribution in [1.29, 1.82) is 0 Å². The minimum absolute atomic E-state index is 0.0630. The third-order valence-corrected chi connectivity index (χ3v) is 4.46. The van der Waals surface area contributed by atoms with Gasteiger partial charge in [-0.2, -0.15) is 0 Å². The van der Waals surface area contributed by atoms with E-state index in [1.54, 1.807) is 4.90 Å². The molecule has 5 nitrogen and oxygen atoms in total. The van der Waals surface area contributed by atoms with Gasteiger partial charge in [0.2, 0.25) is 5.91 Å². The maximum absolute atomic E-state index is 12.4.